The summed E-state index contributed by atoms with van der Waals surface area (Å²) in [6.45, 7) is 0.478. The summed E-state index contributed by atoms with van der Waals surface area (Å²) in [5.41, 5.74) is 6.24. The predicted molar refractivity (Wildman–Crippen MR) is 124 cm³/mol. The molecule has 2 atom stereocenters. The molecular formula is C25H26F7N3O4. The molecule has 2 aromatic rings. The SMILES string of the molecule is NC(CC(=O)N1CCC[C@H]1C(=O)NCc1ccc(C(F)(F)F)cc1)Cc1ccccc1F.O=C(O)C(F)(F)F. The molecule has 14 heteroatoms. The second-order valence-corrected chi connectivity index (χ2v) is 8.72. The lowest BCUT2D eigenvalue weighted by Crippen LogP contribution is -2.47. The molecule has 7 nitrogen and oxygen atoms in total. The average Bonchev–Trinajstić information content (AvgIpc) is 3.34. The van der Waals surface area contributed by atoms with Gasteiger partial charge in [0.25, 0.3) is 0 Å². The van der Waals surface area contributed by atoms with E-state index in [9.17, 15) is 40.3 Å². The van der Waals surface area contributed by atoms with Crippen LogP contribution in [0, 0.1) is 5.82 Å². The molecular weight excluding hydrogens is 539 g/mol. The van der Waals surface area contributed by atoms with Crippen molar-refractivity contribution in [1.82, 2.24) is 10.2 Å². The lowest BCUT2D eigenvalue weighted by Gasteiger charge is -2.25. The first-order valence-electron chi connectivity index (χ1n) is 11.6. The molecule has 0 aliphatic carbocycles. The normalized spacial score (nSPS) is 16.2. The maximum absolute atomic E-state index is 13.8. The molecule has 2 aromatic carbocycles. The summed E-state index contributed by atoms with van der Waals surface area (Å²) in [7, 11) is 0. The fraction of sp³-hybridized carbons (Fsp3) is 0.400. The molecule has 39 heavy (non-hydrogen) atoms. The molecule has 1 fully saturated rings. The molecule has 2 amide bonds. The van der Waals surface area contributed by atoms with Gasteiger partial charge in [-0.05, 0) is 48.6 Å². The molecule has 1 aliphatic heterocycles. The Morgan fingerprint density at radius 2 is 1.62 bits per heavy atom. The average molecular weight is 565 g/mol. The fourth-order valence-corrected chi connectivity index (χ4v) is 3.82. The van der Waals surface area contributed by atoms with Crippen molar-refractivity contribution < 1.29 is 50.2 Å². The molecule has 0 aromatic heterocycles. The number of hydrogen-bond acceptors (Lipinski definition) is 4. The van der Waals surface area contributed by atoms with Gasteiger partial charge in [-0.25, -0.2) is 9.18 Å². The van der Waals surface area contributed by atoms with Crippen LogP contribution in [0.2, 0.25) is 0 Å². The third-order valence-corrected chi connectivity index (χ3v) is 5.74. The van der Waals surface area contributed by atoms with E-state index in [1.807, 2.05) is 0 Å². The summed E-state index contributed by atoms with van der Waals surface area (Å²) in [5.74, 6) is -3.77. The molecule has 214 valence electrons. The number of amides is 2. The number of nitrogens with one attached hydrogen (secondary N) is 1. The number of aliphatic carboxylic acids is 1. The van der Waals surface area contributed by atoms with Crippen molar-refractivity contribution >= 4 is 17.8 Å². The van der Waals surface area contributed by atoms with E-state index in [1.165, 1.54) is 23.1 Å². The first-order valence-corrected chi connectivity index (χ1v) is 11.6. The highest BCUT2D eigenvalue weighted by Gasteiger charge is 2.38. The minimum atomic E-state index is -5.08. The van der Waals surface area contributed by atoms with E-state index >= 15 is 0 Å². The molecule has 0 bridgehead atoms. The number of hydrogen-bond donors (Lipinski definition) is 3. The topological polar surface area (TPSA) is 113 Å². The number of carboxylic acids is 1. The van der Waals surface area contributed by atoms with Crippen molar-refractivity contribution in [2.45, 2.75) is 56.7 Å². The van der Waals surface area contributed by atoms with Crippen molar-refractivity contribution in [2.24, 2.45) is 5.73 Å². The van der Waals surface area contributed by atoms with Crippen LogP contribution in [0.1, 0.15) is 36.0 Å². The number of carbonyl (C=O) groups is 3. The van der Waals surface area contributed by atoms with E-state index in [0.717, 1.165) is 12.1 Å². The smallest absolute Gasteiger partial charge is 0.475 e. The minimum Gasteiger partial charge on any atom is -0.475 e. The number of nitrogens with zero attached hydrogens (tertiary/aromatic N) is 1. The van der Waals surface area contributed by atoms with Gasteiger partial charge in [0.2, 0.25) is 11.8 Å². The summed E-state index contributed by atoms with van der Waals surface area (Å²) < 4.78 is 83.5. The number of halogens is 7. The molecule has 0 spiro atoms. The Balaban J connectivity index is 0.000000673. The Labute approximate surface area is 218 Å². The number of carbonyl (C=O) groups excluding carboxylic acids is 2. The third-order valence-electron chi connectivity index (χ3n) is 5.74. The fourth-order valence-electron chi connectivity index (χ4n) is 3.82. The van der Waals surface area contributed by atoms with Crippen LogP contribution in [0.15, 0.2) is 48.5 Å². The highest BCUT2D eigenvalue weighted by molar-refractivity contribution is 5.88. The van der Waals surface area contributed by atoms with Crippen molar-refractivity contribution in [3.8, 4) is 0 Å². The van der Waals surface area contributed by atoms with Gasteiger partial charge in [-0.2, -0.15) is 26.3 Å². The van der Waals surface area contributed by atoms with Crippen LogP contribution in [-0.4, -0.2) is 52.6 Å². The van der Waals surface area contributed by atoms with Crippen LogP contribution in [0.3, 0.4) is 0 Å². The number of rotatable bonds is 7. The van der Waals surface area contributed by atoms with E-state index in [4.69, 9.17) is 15.6 Å². The molecule has 3 rings (SSSR count). The number of likely N-dealkylation sites (tertiary alicyclic amines) is 1. The first-order chi connectivity index (χ1) is 18.1. The Hall–Kier alpha value is -3.68. The minimum absolute atomic E-state index is 0.0168. The van der Waals surface area contributed by atoms with Gasteiger partial charge < -0.3 is 21.1 Å². The van der Waals surface area contributed by atoms with Crippen LogP contribution in [0.4, 0.5) is 30.7 Å². The van der Waals surface area contributed by atoms with Gasteiger partial charge in [0, 0.05) is 25.6 Å². The van der Waals surface area contributed by atoms with Crippen molar-refractivity contribution in [1.29, 1.82) is 0 Å². The number of nitrogens with two attached hydrogens (primary N) is 1. The quantitative estimate of drug-likeness (QED) is 0.439. The molecule has 0 radical (unpaired) electrons. The Morgan fingerprint density at radius 1 is 1.03 bits per heavy atom. The highest BCUT2D eigenvalue weighted by Crippen LogP contribution is 2.29. The summed E-state index contributed by atoms with van der Waals surface area (Å²) in [5, 5.41) is 9.81. The first kappa shape index (κ1) is 31.5. The Morgan fingerprint density at radius 3 is 2.15 bits per heavy atom. The van der Waals surface area contributed by atoms with Crippen molar-refractivity contribution in [3.05, 3.63) is 71.0 Å². The van der Waals surface area contributed by atoms with Crippen LogP contribution in [0.5, 0.6) is 0 Å². The predicted octanol–water partition coefficient (Wildman–Crippen LogP) is 4.05. The maximum Gasteiger partial charge on any atom is 0.490 e. The number of benzene rings is 2. The summed E-state index contributed by atoms with van der Waals surface area (Å²) >= 11 is 0. The third kappa shape index (κ3) is 9.85. The molecule has 1 unspecified atom stereocenters. The van der Waals surface area contributed by atoms with Crippen LogP contribution in [-0.2, 0) is 33.5 Å². The van der Waals surface area contributed by atoms with Gasteiger partial charge in [-0.15, -0.1) is 0 Å². The molecule has 0 saturated carbocycles. The van der Waals surface area contributed by atoms with Gasteiger partial charge in [0.1, 0.15) is 11.9 Å². The molecule has 1 heterocycles. The highest BCUT2D eigenvalue weighted by atomic mass is 19.4. The molecule has 1 saturated heterocycles. The van der Waals surface area contributed by atoms with Gasteiger partial charge >= 0.3 is 18.3 Å². The second-order valence-electron chi connectivity index (χ2n) is 8.72. The zero-order valence-corrected chi connectivity index (χ0v) is 20.4. The summed E-state index contributed by atoms with van der Waals surface area (Å²) in [4.78, 5) is 35.7. The zero-order valence-electron chi connectivity index (χ0n) is 20.4. The van der Waals surface area contributed by atoms with E-state index in [1.54, 1.807) is 18.2 Å². The van der Waals surface area contributed by atoms with Crippen molar-refractivity contribution in [3.63, 3.8) is 0 Å². The number of alkyl halides is 6. The van der Waals surface area contributed by atoms with Crippen LogP contribution in [0.25, 0.3) is 0 Å². The van der Waals surface area contributed by atoms with E-state index in [-0.39, 0.29) is 37.0 Å². The standard InChI is InChI=1S/C23H25F4N3O2.C2HF3O2/c24-19-5-2-1-4-16(19)12-18(28)13-21(31)30-11-3-6-20(30)22(32)29-14-15-7-9-17(10-8-15)23(25,26)27;3-2(4,5)1(6)7/h1-2,4-5,7-10,18,20H,3,6,11-14,28H2,(H,29,32);(H,6,7)/t18?,20-;/m0./s1. The maximum atomic E-state index is 13.8. The summed E-state index contributed by atoms with van der Waals surface area (Å²) in [6, 6.07) is 9.53. The molecule has 4 N–H and O–H groups in total. The van der Waals surface area contributed by atoms with Crippen LogP contribution >= 0.6 is 0 Å². The second kappa shape index (κ2) is 13.4. The van der Waals surface area contributed by atoms with Gasteiger partial charge in [0.05, 0.1) is 5.56 Å². The molecule has 1 aliphatic rings. The Bertz CT molecular complexity index is 1140. The van der Waals surface area contributed by atoms with Gasteiger partial charge in [-0.1, -0.05) is 30.3 Å². The largest absolute Gasteiger partial charge is 0.490 e. The Kier molecular flexibility index (Phi) is 10.8. The van der Waals surface area contributed by atoms with Crippen LogP contribution < -0.4 is 11.1 Å². The zero-order chi connectivity index (χ0) is 29.4. The monoisotopic (exact) mass is 565 g/mol. The lowest BCUT2D eigenvalue weighted by molar-refractivity contribution is -0.192. The lowest BCUT2D eigenvalue weighted by atomic mass is 10.0. The summed E-state index contributed by atoms with van der Waals surface area (Å²) in [6.07, 6.45) is -8.16. The van der Waals surface area contributed by atoms with E-state index in [2.05, 4.69) is 5.32 Å². The number of carboxylic acid groups (broad SMARTS) is 1. The van der Waals surface area contributed by atoms with Gasteiger partial charge in [-0.3, -0.25) is 9.59 Å². The van der Waals surface area contributed by atoms with Gasteiger partial charge in [0.15, 0.2) is 0 Å². The van der Waals surface area contributed by atoms with E-state index < -0.39 is 36.0 Å². The van der Waals surface area contributed by atoms with Crippen molar-refractivity contribution in [2.75, 3.05) is 6.54 Å². The van der Waals surface area contributed by atoms with E-state index in [0.29, 0.717) is 30.5 Å².